The van der Waals surface area contributed by atoms with Gasteiger partial charge < -0.3 is 4.98 Å². The lowest BCUT2D eigenvalue weighted by Gasteiger charge is -2.07. The van der Waals surface area contributed by atoms with E-state index in [4.69, 9.17) is 0 Å². The van der Waals surface area contributed by atoms with Crippen LogP contribution < -0.4 is 5.56 Å². The van der Waals surface area contributed by atoms with Crippen LogP contribution in [-0.2, 0) is 5.75 Å². The van der Waals surface area contributed by atoms with E-state index in [2.05, 4.69) is 9.97 Å². The lowest BCUT2D eigenvalue weighted by Crippen LogP contribution is -2.14. The fourth-order valence-electron chi connectivity index (χ4n) is 2.45. The van der Waals surface area contributed by atoms with Gasteiger partial charge in [-0.15, -0.1) is 0 Å². The highest BCUT2D eigenvalue weighted by Gasteiger charge is 2.13. The van der Waals surface area contributed by atoms with Gasteiger partial charge in [-0.1, -0.05) is 59.8 Å². The maximum Gasteiger partial charge on any atom is 0.270 e. The van der Waals surface area contributed by atoms with Gasteiger partial charge >= 0.3 is 0 Å². The molecule has 0 saturated carbocycles. The number of nitrogens with one attached hydrogen (secondary N) is 1. The van der Waals surface area contributed by atoms with E-state index in [-0.39, 0.29) is 5.56 Å². The second-order valence-corrected chi connectivity index (χ2v) is 6.69. The average molecular weight is 361 g/mol. The molecule has 6 heteroatoms. The Kier molecular flexibility index (Phi) is 5.30. The molecular weight excluding hydrogens is 346 g/mol. The Morgan fingerprint density at radius 3 is 2.69 bits per heavy atom. The van der Waals surface area contributed by atoms with Crippen molar-refractivity contribution >= 4 is 18.0 Å². The van der Waals surface area contributed by atoms with Crippen molar-refractivity contribution in [1.82, 2.24) is 9.97 Å². The maximum atomic E-state index is 12.3. The Morgan fingerprint density at radius 2 is 2.00 bits per heavy atom. The number of carbonyl (C=O) groups is 1. The molecule has 1 heterocycles. The third-order valence-corrected chi connectivity index (χ3v) is 4.74. The number of hydrogen-bond donors (Lipinski definition) is 1. The van der Waals surface area contributed by atoms with Gasteiger partial charge in [0.1, 0.15) is 17.9 Å². The molecule has 0 bridgehead atoms. The summed E-state index contributed by atoms with van der Waals surface area (Å²) in [6.07, 6.45) is 0.797. The molecule has 0 atom stereocenters. The number of thioether (sulfide) groups is 1. The van der Waals surface area contributed by atoms with Gasteiger partial charge in [0, 0.05) is 16.9 Å². The number of rotatable bonds is 5. The number of carbonyl (C=O) groups excluding carboxylic acids is 1. The normalized spacial score (nSPS) is 10.3. The van der Waals surface area contributed by atoms with Gasteiger partial charge in [0.15, 0.2) is 5.16 Å². The summed E-state index contributed by atoms with van der Waals surface area (Å²) < 4.78 is 0. The summed E-state index contributed by atoms with van der Waals surface area (Å²) in [4.78, 5) is 30.3. The highest BCUT2D eigenvalue weighted by molar-refractivity contribution is 7.98. The Balaban J connectivity index is 1.93. The van der Waals surface area contributed by atoms with Crippen molar-refractivity contribution in [1.29, 1.82) is 5.26 Å². The molecule has 0 saturated heterocycles. The number of aldehydes is 1. The Hall–Kier alpha value is -3.17. The van der Waals surface area contributed by atoms with Crippen LogP contribution in [0.1, 0.15) is 27.0 Å². The van der Waals surface area contributed by atoms with E-state index in [0.29, 0.717) is 22.2 Å². The summed E-state index contributed by atoms with van der Waals surface area (Å²) >= 11 is 1.35. The molecule has 0 unspecified atom stereocenters. The van der Waals surface area contributed by atoms with Crippen LogP contribution in [0.2, 0.25) is 0 Å². The first kappa shape index (κ1) is 17.6. The molecule has 5 nitrogen and oxygen atoms in total. The maximum absolute atomic E-state index is 12.3. The second-order valence-electron chi connectivity index (χ2n) is 5.72. The number of nitriles is 1. The molecule has 3 aromatic rings. The smallest absolute Gasteiger partial charge is 0.270 e. The summed E-state index contributed by atoms with van der Waals surface area (Å²) in [6.45, 7) is 1.97. The summed E-state index contributed by atoms with van der Waals surface area (Å²) in [5.74, 6) is 0.545. The van der Waals surface area contributed by atoms with Gasteiger partial charge in [-0.25, -0.2) is 4.98 Å². The highest BCUT2D eigenvalue weighted by atomic mass is 32.2. The Labute approximate surface area is 154 Å². The fourth-order valence-corrected chi connectivity index (χ4v) is 3.26. The van der Waals surface area contributed by atoms with E-state index in [1.54, 1.807) is 12.1 Å². The number of aromatic amines is 1. The molecule has 0 aliphatic rings. The van der Waals surface area contributed by atoms with E-state index in [1.807, 2.05) is 49.4 Å². The van der Waals surface area contributed by atoms with Crippen LogP contribution in [0, 0.1) is 18.3 Å². The van der Waals surface area contributed by atoms with Crippen LogP contribution in [0.3, 0.4) is 0 Å². The quantitative estimate of drug-likeness (QED) is 0.425. The standard InChI is InChI=1S/C20H15N3O2S/c1-13-5-7-16(8-6-13)18-17(10-21)19(25)23-20(22-18)26-12-15-4-2-3-14(9-15)11-24/h2-9,11H,12H2,1H3,(H,22,23,25). The predicted octanol–water partition coefficient (Wildman–Crippen LogP) is 3.72. The first-order valence-corrected chi connectivity index (χ1v) is 8.87. The third kappa shape index (κ3) is 3.90. The van der Waals surface area contributed by atoms with Crippen LogP contribution in [0.25, 0.3) is 11.3 Å². The zero-order valence-electron chi connectivity index (χ0n) is 14.0. The van der Waals surface area contributed by atoms with Crippen molar-refractivity contribution in [3.8, 4) is 17.3 Å². The summed E-state index contributed by atoms with van der Waals surface area (Å²) in [5, 5.41) is 9.75. The van der Waals surface area contributed by atoms with Crippen molar-refractivity contribution in [2.24, 2.45) is 0 Å². The fraction of sp³-hybridized carbons (Fsp3) is 0.100. The predicted molar refractivity (Wildman–Crippen MR) is 101 cm³/mol. The number of aromatic nitrogens is 2. The minimum absolute atomic E-state index is 0.00107. The van der Waals surface area contributed by atoms with Gasteiger partial charge in [-0.05, 0) is 18.6 Å². The number of H-pyrrole nitrogens is 1. The SMILES string of the molecule is Cc1ccc(-c2nc(SCc3cccc(C=O)c3)[nH]c(=O)c2C#N)cc1. The number of aryl methyl sites for hydroxylation is 1. The molecule has 0 fully saturated rings. The molecule has 0 spiro atoms. The van der Waals surface area contributed by atoms with E-state index in [1.165, 1.54) is 11.8 Å². The highest BCUT2D eigenvalue weighted by Crippen LogP contribution is 2.24. The Morgan fingerprint density at radius 1 is 1.23 bits per heavy atom. The molecule has 3 rings (SSSR count). The molecule has 0 aliphatic carbocycles. The van der Waals surface area contributed by atoms with Gasteiger partial charge in [-0.3, -0.25) is 9.59 Å². The van der Waals surface area contributed by atoms with Crippen molar-refractivity contribution in [2.75, 3.05) is 0 Å². The zero-order chi connectivity index (χ0) is 18.5. The van der Waals surface area contributed by atoms with Gasteiger partial charge in [0.25, 0.3) is 5.56 Å². The third-order valence-electron chi connectivity index (χ3n) is 3.80. The monoisotopic (exact) mass is 361 g/mol. The van der Waals surface area contributed by atoms with Crippen molar-refractivity contribution < 1.29 is 4.79 Å². The van der Waals surface area contributed by atoms with Crippen LogP contribution in [-0.4, -0.2) is 16.3 Å². The van der Waals surface area contributed by atoms with Crippen LogP contribution in [0.5, 0.6) is 0 Å². The summed E-state index contributed by atoms with van der Waals surface area (Å²) in [5.41, 5.74) is 3.28. The number of benzene rings is 2. The van der Waals surface area contributed by atoms with E-state index in [9.17, 15) is 14.9 Å². The van der Waals surface area contributed by atoms with Crippen LogP contribution >= 0.6 is 11.8 Å². The first-order valence-electron chi connectivity index (χ1n) is 7.89. The summed E-state index contributed by atoms with van der Waals surface area (Å²) in [7, 11) is 0. The van der Waals surface area contributed by atoms with E-state index < -0.39 is 5.56 Å². The molecule has 26 heavy (non-hydrogen) atoms. The topological polar surface area (TPSA) is 86.6 Å². The molecule has 0 aliphatic heterocycles. The molecule has 1 aromatic heterocycles. The van der Waals surface area contributed by atoms with E-state index >= 15 is 0 Å². The molecule has 2 aromatic carbocycles. The largest absolute Gasteiger partial charge is 0.300 e. The van der Waals surface area contributed by atoms with E-state index in [0.717, 1.165) is 23.0 Å². The number of hydrogen-bond acceptors (Lipinski definition) is 5. The minimum atomic E-state index is -0.456. The first-order chi connectivity index (χ1) is 12.6. The average Bonchev–Trinajstić information content (AvgIpc) is 2.66. The summed E-state index contributed by atoms with van der Waals surface area (Å²) in [6, 6.07) is 16.7. The van der Waals surface area contributed by atoms with Crippen molar-refractivity contribution in [3.05, 3.63) is 81.1 Å². The molecule has 1 N–H and O–H groups in total. The molecule has 128 valence electrons. The van der Waals surface area contributed by atoms with Gasteiger partial charge in [0.2, 0.25) is 0 Å². The van der Waals surface area contributed by atoms with Gasteiger partial charge in [-0.2, -0.15) is 5.26 Å². The van der Waals surface area contributed by atoms with Crippen LogP contribution in [0.15, 0.2) is 58.5 Å². The Bertz CT molecular complexity index is 1050. The van der Waals surface area contributed by atoms with Crippen molar-refractivity contribution in [2.45, 2.75) is 17.8 Å². The van der Waals surface area contributed by atoms with Crippen LogP contribution in [0.4, 0.5) is 0 Å². The lowest BCUT2D eigenvalue weighted by molar-refractivity contribution is 0.112. The van der Waals surface area contributed by atoms with Crippen molar-refractivity contribution in [3.63, 3.8) is 0 Å². The molecule has 0 amide bonds. The molecular formula is C20H15N3O2S. The minimum Gasteiger partial charge on any atom is -0.300 e. The second kappa shape index (κ2) is 7.81. The lowest BCUT2D eigenvalue weighted by atomic mass is 10.1. The molecule has 0 radical (unpaired) electrons. The zero-order valence-corrected chi connectivity index (χ0v) is 14.8. The van der Waals surface area contributed by atoms with Gasteiger partial charge in [0.05, 0.1) is 5.69 Å². The number of nitrogens with zero attached hydrogens (tertiary/aromatic N) is 2.